The summed E-state index contributed by atoms with van der Waals surface area (Å²) in [5, 5.41) is 0. The highest BCUT2D eigenvalue weighted by Gasteiger charge is 2.19. The van der Waals surface area contributed by atoms with Crippen LogP contribution < -0.4 is 0 Å². The van der Waals surface area contributed by atoms with Gasteiger partial charge in [-0.15, -0.1) is 0 Å². The SMILES string of the molecule is CCCCCC/C=C\C/C=C\CCCCCCCCCC(=O)OC(COC(=O)CCCCCCCCCCCCCCC)COC(=O)CCCCCCCCCCCCCCCCCCCCCCCCCCCC. The summed E-state index contributed by atoms with van der Waals surface area (Å²) in [5.74, 6) is -0.847. The van der Waals surface area contributed by atoms with Gasteiger partial charge in [0, 0.05) is 19.3 Å². The molecule has 442 valence electrons. The summed E-state index contributed by atoms with van der Waals surface area (Å²) < 4.78 is 17.0. The van der Waals surface area contributed by atoms with Gasteiger partial charge < -0.3 is 14.2 Å². The summed E-state index contributed by atoms with van der Waals surface area (Å²) in [7, 11) is 0. The third-order valence-electron chi connectivity index (χ3n) is 15.5. The number of hydrogen-bond acceptors (Lipinski definition) is 6. The minimum Gasteiger partial charge on any atom is -0.462 e. The van der Waals surface area contributed by atoms with Crippen LogP contribution in [0, 0.1) is 0 Å². The van der Waals surface area contributed by atoms with Gasteiger partial charge in [-0.25, -0.2) is 0 Å². The molecule has 1 atom stereocenters. The summed E-state index contributed by atoms with van der Waals surface area (Å²) in [6, 6.07) is 0. The number of esters is 3. The molecule has 0 saturated heterocycles. The summed E-state index contributed by atoms with van der Waals surface area (Å²) in [6.07, 6.45) is 77.7. The van der Waals surface area contributed by atoms with Crippen molar-refractivity contribution in [1.29, 1.82) is 0 Å². The topological polar surface area (TPSA) is 78.9 Å². The Bertz CT molecular complexity index is 1210. The molecule has 0 saturated carbocycles. The summed E-state index contributed by atoms with van der Waals surface area (Å²) in [6.45, 7) is 6.69. The zero-order chi connectivity index (χ0) is 54.3. The molecule has 6 heteroatoms. The van der Waals surface area contributed by atoms with Crippen molar-refractivity contribution in [2.45, 2.75) is 386 Å². The Morgan fingerprint density at radius 1 is 0.267 bits per heavy atom. The zero-order valence-electron chi connectivity index (χ0n) is 50.8. The molecule has 0 spiro atoms. The fraction of sp³-hybridized carbons (Fsp3) is 0.899. The lowest BCUT2D eigenvalue weighted by atomic mass is 10.0. The molecule has 0 heterocycles. The first-order valence-electron chi connectivity index (χ1n) is 33.8. The summed E-state index contributed by atoms with van der Waals surface area (Å²) >= 11 is 0. The van der Waals surface area contributed by atoms with Crippen LogP contribution in [0.4, 0.5) is 0 Å². The monoisotopic (exact) mass is 1050 g/mol. The smallest absolute Gasteiger partial charge is 0.306 e. The fourth-order valence-corrected chi connectivity index (χ4v) is 10.4. The molecule has 0 aromatic carbocycles. The summed E-state index contributed by atoms with van der Waals surface area (Å²) in [5.41, 5.74) is 0. The standard InChI is InChI=1S/C69H130O6/c1-4-7-10-13-16-19-22-25-27-29-31-32-33-34-35-36-37-38-40-41-44-47-50-53-56-59-62-68(71)74-65-66(64-73-67(70)61-58-55-52-49-46-43-24-21-18-15-12-9-6-3)75-69(72)63-60-57-54-51-48-45-42-39-30-28-26-23-20-17-14-11-8-5-2/h20,23,28,30,66H,4-19,21-22,24-27,29,31-65H2,1-3H3/b23-20-,30-28-. The van der Waals surface area contributed by atoms with Crippen molar-refractivity contribution in [2.75, 3.05) is 13.2 Å². The molecule has 1 unspecified atom stereocenters. The van der Waals surface area contributed by atoms with Crippen LogP contribution in [0.3, 0.4) is 0 Å². The van der Waals surface area contributed by atoms with E-state index in [-0.39, 0.29) is 31.1 Å². The van der Waals surface area contributed by atoms with Crippen LogP contribution in [0.1, 0.15) is 380 Å². The van der Waals surface area contributed by atoms with Gasteiger partial charge in [-0.1, -0.05) is 334 Å². The maximum absolute atomic E-state index is 12.9. The first-order valence-corrected chi connectivity index (χ1v) is 33.8. The highest BCUT2D eigenvalue weighted by atomic mass is 16.6. The Morgan fingerprint density at radius 3 is 0.747 bits per heavy atom. The zero-order valence-corrected chi connectivity index (χ0v) is 50.8. The second kappa shape index (κ2) is 64.4. The average Bonchev–Trinajstić information content (AvgIpc) is 3.41. The van der Waals surface area contributed by atoms with Crippen molar-refractivity contribution in [1.82, 2.24) is 0 Å². The van der Waals surface area contributed by atoms with Crippen LogP contribution in [-0.2, 0) is 28.6 Å². The van der Waals surface area contributed by atoms with Crippen molar-refractivity contribution < 1.29 is 28.6 Å². The van der Waals surface area contributed by atoms with Crippen LogP contribution in [0.15, 0.2) is 24.3 Å². The van der Waals surface area contributed by atoms with Crippen LogP contribution in [0.5, 0.6) is 0 Å². The Labute approximate surface area is 468 Å². The average molecular weight is 1060 g/mol. The minimum atomic E-state index is -0.772. The number of ether oxygens (including phenoxy) is 3. The molecule has 0 N–H and O–H groups in total. The molecule has 0 aromatic rings. The normalized spacial score (nSPS) is 12.1. The molecule has 0 bridgehead atoms. The van der Waals surface area contributed by atoms with E-state index in [1.54, 1.807) is 0 Å². The van der Waals surface area contributed by atoms with Gasteiger partial charge in [0.1, 0.15) is 13.2 Å². The Balaban J connectivity index is 4.21. The third-order valence-corrected chi connectivity index (χ3v) is 15.5. The van der Waals surface area contributed by atoms with E-state index >= 15 is 0 Å². The molecule has 6 nitrogen and oxygen atoms in total. The van der Waals surface area contributed by atoms with Gasteiger partial charge in [0.05, 0.1) is 0 Å². The lowest BCUT2D eigenvalue weighted by Crippen LogP contribution is -2.30. The number of unbranched alkanes of at least 4 members (excludes halogenated alkanes) is 48. The molecule has 75 heavy (non-hydrogen) atoms. The van der Waals surface area contributed by atoms with E-state index in [1.807, 2.05) is 0 Å². The van der Waals surface area contributed by atoms with Gasteiger partial charge in [0.2, 0.25) is 0 Å². The van der Waals surface area contributed by atoms with Crippen LogP contribution >= 0.6 is 0 Å². The van der Waals surface area contributed by atoms with Crippen molar-refractivity contribution in [3.63, 3.8) is 0 Å². The maximum atomic E-state index is 12.9. The van der Waals surface area contributed by atoms with E-state index in [2.05, 4.69) is 45.1 Å². The highest BCUT2D eigenvalue weighted by Crippen LogP contribution is 2.18. The third kappa shape index (κ3) is 62.6. The van der Waals surface area contributed by atoms with E-state index in [0.29, 0.717) is 19.3 Å². The van der Waals surface area contributed by atoms with Gasteiger partial charge in [-0.2, -0.15) is 0 Å². The van der Waals surface area contributed by atoms with E-state index in [1.165, 1.54) is 270 Å². The van der Waals surface area contributed by atoms with Crippen molar-refractivity contribution in [2.24, 2.45) is 0 Å². The second-order valence-corrected chi connectivity index (χ2v) is 23.1. The van der Waals surface area contributed by atoms with Crippen LogP contribution in [-0.4, -0.2) is 37.2 Å². The largest absolute Gasteiger partial charge is 0.462 e. The fourth-order valence-electron chi connectivity index (χ4n) is 10.4. The maximum Gasteiger partial charge on any atom is 0.306 e. The molecule has 0 aliphatic carbocycles. The Morgan fingerprint density at radius 2 is 0.480 bits per heavy atom. The van der Waals surface area contributed by atoms with E-state index < -0.39 is 6.10 Å². The predicted octanol–water partition coefficient (Wildman–Crippen LogP) is 23.0. The first-order chi connectivity index (χ1) is 37.0. The van der Waals surface area contributed by atoms with Gasteiger partial charge in [-0.05, 0) is 51.4 Å². The van der Waals surface area contributed by atoms with Gasteiger partial charge in [-0.3, -0.25) is 14.4 Å². The number of carbonyl (C=O) groups excluding carboxylic acids is 3. The number of hydrogen-bond donors (Lipinski definition) is 0. The number of rotatable bonds is 63. The predicted molar refractivity (Wildman–Crippen MR) is 326 cm³/mol. The second-order valence-electron chi connectivity index (χ2n) is 23.1. The van der Waals surface area contributed by atoms with Crippen molar-refractivity contribution in [3.8, 4) is 0 Å². The molecule has 0 aliphatic heterocycles. The van der Waals surface area contributed by atoms with Crippen LogP contribution in [0.25, 0.3) is 0 Å². The minimum absolute atomic E-state index is 0.0684. The summed E-state index contributed by atoms with van der Waals surface area (Å²) in [4.78, 5) is 38.3. The van der Waals surface area contributed by atoms with Gasteiger partial charge >= 0.3 is 17.9 Å². The van der Waals surface area contributed by atoms with Gasteiger partial charge in [0.15, 0.2) is 6.10 Å². The van der Waals surface area contributed by atoms with E-state index in [4.69, 9.17) is 14.2 Å². The molecule has 0 aromatic heterocycles. The molecule has 0 rings (SSSR count). The van der Waals surface area contributed by atoms with E-state index in [9.17, 15) is 14.4 Å². The lowest BCUT2D eigenvalue weighted by Gasteiger charge is -2.18. The number of allylic oxidation sites excluding steroid dienone is 4. The first kappa shape index (κ1) is 72.9. The van der Waals surface area contributed by atoms with Crippen molar-refractivity contribution >= 4 is 17.9 Å². The van der Waals surface area contributed by atoms with Gasteiger partial charge in [0.25, 0.3) is 0 Å². The lowest BCUT2D eigenvalue weighted by molar-refractivity contribution is -0.167. The van der Waals surface area contributed by atoms with Crippen molar-refractivity contribution in [3.05, 3.63) is 24.3 Å². The molecular weight excluding hydrogens is 925 g/mol. The quantitative estimate of drug-likeness (QED) is 0.0261. The van der Waals surface area contributed by atoms with E-state index in [0.717, 1.165) is 70.6 Å². The molecule has 0 fully saturated rings. The Hall–Kier alpha value is -2.11. The molecule has 0 amide bonds. The molecule has 0 aliphatic rings. The van der Waals surface area contributed by atoms with Crippen LogP contribution in [0.2, 0.25) is 0 Å². The highest BCUT2D eigenvalue weighted by molar-refractivity contribution is 5.71. The molecular formula is C69H130O6. The Kier molecular flexibility index (Phi) is 62.6. The molecule has 0 radical (unpaired) electrons. The number of carbonyl (C=O) groups is 3.